The minimum Gasteiger partial charge on any atom is -0.302 e. The summed E-state index contributed by atoms with van der Waals surface area (Å²) in [5, 5.41) is 1.08. The molecule has 0 radical (unpaired) electrons. The molecule has 0 aromatic heterocycles. The fourth-order valence-corrected chi connectivity index (χ4v) is 2.76. The van der Waals surface area contributed by atoms with E-state index in [9.17, 15) is 4.79 Å². The highest BCUT2D eigenvalue weighted by molar-refractivity contribution is 6.42. The molecular weight excluding hydrogens is 267 g/mol. The van der Waals surface area contributed by atoms with Crippen molar-refractivity contribution in [1.29, 1.82) is 0 Å². The van der Waals surface area contributed by atoms with E-state index in [1.807, 2.05) is 26.0 Å². The molecule has 1 nitrogen and oxygen atoms in total. The van der Waals surface area contributed by atoms with Gasteiger partial charge in [-0.15, -0.1) is 0 Å². The molecule has 0 unspecified atom stereocenters. The Morgan fingerprint density at radius 1 is 1.06 bits per heavy atom. The Morgan fingerprint density at radius 2 is 1.67 bits per heavy atom. The standard InChI is InChI=1S/C13H14Cl2O.C2H6/c14-11-5-4-10(8-12(11)15)13(9-16)6-2-1-3-7-13;1-2/h4-5,8-9H,1-3,6-7H2;1-2H3. The summed E-state index contributed by atoms with van der Waals surface area (Å²) >= 11 is 11.9. The van der Waals surface area contributed by atoms with Gasteiger partial charge in [0.2, 0.25) is 0 Å². The first-order valence-electron chi connectivity index (χ1n) is 6.60. The van der Waals surface area contributed by atoms with Gasteiger partial charge in [-0.3, -0.25) is 0 Å². The van der Waals surface area contributed by atoms with Gasteiger partial charge in [0.05, 0.1) is 15.5 Å². The second kappa shape index (κ2) is 7.16. The summed E-state index contributed by atoms with van der Waals surface area (Å²) in [6.07, 6.45) is 6.38. The molecule has 1 aliphatic rings. The van der Waals surface area contributed by atoms with E-state index in [-0.39, 0.29) is 5.41 Å². The predicted molar refractivity (Wildman–Crippen MR) is 78.6 cm³/mol. The van der Waals surface area contributed by atoms with Crippen LogP contribution in [-0.2, 0) is 10.2 Å². The topological polar surface area (TPSA) is 17.1 Å². The Morgan fingerprint density at radius 3 is 2.17 bits per heavy atom. The Hall–Kier alpha value is -0.530. The molecule has 18 heavy (non-hydrogen) atoms. The first kappa shape index (κ1) is 15.5. The largest absolute Gasteiger partial charge is 0.302 e. The van der Waals surface area contributed by atoms with Crippen molar-refractivity contribution in [2.75, 3.05) is 0 Å². The number of carbonyl (C=O) groups excluding carboxylic acids is 1. The molecule has 0 spiro atoms. The SMILES string of the molecule is CC.O=CC1(c2ccc(Cl)c(Cl)c2)CCCCC1. The highest BCUT2D eigenvalue weighted by Gasteiger charge is 2.33. The molecule has 1 saturated carbocycles. The lowest BCUT2D eigenvalue weighted by atomic mass is 9.70. The molecule has 0 bridgehead atoms. The Balaban J connectivity index is 0.000000771. The lowest BCUT2D eigenvalue weighted by Crippen LogP contribution is -2.30. The van der Waals surface area contributed by atoms with Crippen molar-refractivity contribution < 1.29 is 4.79 Å². The second-order valence-corrected chi connectivity index (χ2v) is 5.28. The van der Waals surface area contributed by atoms with Crippen LogP contribution in [0, 0.1) is 0 Å². The maximum absolute atomic E-state index is 11.4. The van der Waals surface area contributed by atoms with Crippen molar-refractivity contribution in [2.24, 2.45) is 0 Å². The first-order valence-corrected chi connectivity index (χ1v) is 7.35. The molecule has 0 atom stereocenters. The summed E-state index contributed by atoms with van der Waals surface area (Å²) in [6.45, 7) is 4.00. The molecule has 1 fully saturated rings. The van der Waals surface area contributed by atoms with E-state index < -0.39 is 0 Å². The van der Waals surface area contributed by atoms with Crippen molar-refractivity contribution in [1.82, 2.24) is 0 Å². The molecule has 3 heteroatoms. The average Bonchev–Trinajstić information content (AvgIpc) is 2.45. The van der Waals surface area contributed by atoms with E-state index in [1.54, 1.807) is 6.07 Å². The van der Waals surface area contributed by atoms with Crippen LogP contribution < -0.4 is 0 Å². The van der Waals surface area contributed by atoms with Gasteiger partial charge in [0.1, 0.15) is 6.29 Å². The molecule has 1 aromatic rings. The maximum atomic E-state index is 11.4. The number of aldehydes is 1. The number of carbonyl (C=O) groups is 1. The van der Waals surface area contributed by atoms with Gasteiger partial charge in [0.15, 0.2) is 0 Å². The molecule has 0 N–H and O–H groups in total. The van der Waals surface area contributed by atoms with E-state index in [0.717, 1.165) is 37.5 Å². The Labute approximate surface area is 119 Å². The fraction of sp³-hybridized carbons (Fsp3) is 0.533. The molecule has 0 amide bonds. The second-order valence-electron chi connectivity index (χ2n) is 4.46. The number of hydrogen-bond acceptors (Lipinski definition) is 1. The van der Waals surface area contributed by atoms with Gasteiger partial charge in [-0.1, -0.05) is 62.4 Å². The molecule has 2 rings (SSSR count). The van der Waals surface area contributed by atoms with Crippen molar-refractivity contribution in [3.8, 4) is 0 Å². The Kier molecular flexibility index (Phi) is 6.17. The van der Waals surface area contributed by atoms with E-state index in [2.05, 4.69) is 0 Å². The predicted octanol–water partition coefficient (Wildman–Crippen LogP) is 5.42. The van der Waals surface area contributed by atoms with Crippen LogP contribution in [0.3, 0.4) is 0 Å². The van der Waals surface area contributed by atoms with Gasteiger partial charge in [-0.2, -0.15) is 0 Å². The van der Waals surface area contributed by atoms with Gasteiger partial charge in [-0.05, 0) is 30.5 Å². The average molecular weight is 287 g/mol. The zero-order valence-electron chi connectivity index (χ0n) is 11.0. The minimum absolute atomic E-state index is 0.327. The Bertz CT molecular complexity index is 395. The first-order chi connectivity index (χ1) is 8.68. The number of rotatable bonds is 2. The van der Waals surface area contributed by atoms with Gasteiger partial charge >= 0.3 is 0 Å². The van der Waals surface area contributed by atoms with E-state index >= 15 is 0 Å². The van der Waals surface area contributed by atoms with Crippen LogP contribution in [0.25, 0.3) is 0 Å². The summed E-state index contributed by atoms with van der Waals surface area (Å²) in [5.74, 6) is 0. The molecular formula is C15H20Cl2O. The van der Waals surface area contributed by atoms with Gasteiger partial charge in [0, 0.05) is 0 Å². The molecule has 0 saturated heterocycles. The summed E-state index contributed by atoms with van der Waals surface area (Å²) in [5.41, 5.74) is 0.684. The smallest absolute Gasteiger partial charge is 0.130 e. The zero-order valence-corrected chi connectivity index (χ0v) is 12.5. The van der Waals surface area contributed by atoms with Crippen LogP contribution >= 0.6 is 23.2 Å². The summed E-state index contributed by atoms with van der Waals surface area (Å²) < 4.78 is 0. The third kappa shape index (κ3) is 3.27. The third-order valence-corrected chi connectivity index (χ3v) is 4.20. The summed E-state index contributed by atoms with van der Waals surface area (Å²) in [4.78, 5) is 11.4. The number of hydrogen-bond donors (Lipinski definition) is 0. The fourth-order valence-electron chi connectivity index (χ4n) is 2.46. The van der Waals surface area contributed by atoms with E-state index in [1.165, 1.54) is 6.42 Å². The molecule has 0 aliphatic heterocycles. The molecule has 0 heterocycles. The number of halogens is 2. The minimum atomic E-state index is -0.327. The molecule has 1 aromatic carbocycles. The van der Waals surface area contributed by atoms with Gasteiger partial charge < -0.3 is 4.79 Å². The van der Waals surface area contributed by atoms with Crippen LogP contribution in [-0.4, -0.2) is 6.29 Å². The van der Waals surface area contributed by atoms with Crippen LogP contribution in [0.2, 0.25) is 10.0 Å². The quantitative estimate of drug-likeness (QED) is 0.664. The van der Waals surface area contributed by atoms with Crippen LogP contribution in [0.4, 0.5) is 0 Å². The normalized spacial score (nSPS) is 17.6. The van der Waals surface area contributed by atoms with Crippen LogP contribution in [0.15, 0.2) is 18.2 Å². The maximum Gasteiger partial charge on any atom is 0.130 e. The number of benzene rings is 1. The lowest BCUT2D eigenvalue weighted by Gasteiger charge is -2.32. The van der Waals surface area contributed by atoms with Crippen LogP contribution in [0.1, 0.15) is 51.5 Å². The van der Waals surface area contributed by atoms with Gasteiger partial charge in [-0.25, -0.2) is 0 Å². The lowest BCUT2D eigenvalue weighted by molar-refractivity contribution is -0.113. The monoisotopic (exact) mass is 286 g/mol. The molecule has 1 aliphatic carbocycles. The van der Waals surface area contributed by atoms with Crippen molar-refractivity contribution in [3.05, 3.63) is 33.8 Å². The van der Waals surface area contributed by atoms with Crippen LogP contribution in [0.5, 0.6) is 0 Å². The van der Waals surface area contributed by atoms with Crippen molar-refractivity contribution in [3.63, 3.8) is 0 Å². The highest BCUT2D eigenvalue weighted by atomic mass is 35.5. The highest BCUT2D eigenvalue weighted by Crippen LogP contribution is 2.39. The zero-order chi connectivity index (χ0) is 13.6. The summed E-state index contributed by atoms with van der Waals surface area (Å²) in [6, 6.07) is 5.54. The third-order valence-electron chi connectivity index (χ3n) is 3.47. The van der Waals surface area contributed by atoms with E-state index in [0.29, 0.717) is 10.0 Å². The molecule has 100 valence electrons. The summed E-state index contributed by atoms with van der Waals surface area (Å²) in [7, 11) is 0. The van der Waals surface area contributed by atoms with E-state index in [4.69, 9.17) is 23.2 Å². The van der Waals surface area contributed by atoms with Gasteiger partial charge in [0.25, 0.3) is 0 Å². The van der Waals surface area contributed by atoms with Crippen molar-refractivity contribution in [2.45, 2.75) is 51.4 Å². The van der Waals surface area contributed by atoms with Crippen molar-refractivity contribution >= 4 is 29.5 Å².